The zero-order valence-corrected chi connectivity index (χ0v) is 12.0. The van der Waals surface area contributed by atoms with Crippen molar-refractivity contribution in [3.8, 4) is 0 Å². The minimum atomic E-state index is -0.701. The van der Waals surface area contributed by atoms with E-state index in [0.29, 0.717) is 11.8 Å². The molecule has 100 valence electrons. The normalized spacial score (nSPS) is 30.3. The van der Waals surface area contributed by atoms with Gasteiger partial charge in [-0.3, -0.25) is 4.21 Å². The lowest BCUT2D eigenvalue weighted by Gasteiger charge is -2.43. The van der Waals surface area contributed by atoms with Gasteiger partial charge in [0.15, 0.2) is 0 Å². The lowest BCUT2D eigenvalue weighted by molar-refractivity contribution is -0.0809. The van der Waals surface area contributed by atoms with Crippen LogP contribution >= 0.6 is 11.8 Å². The second-order valence-corrected chi connectivity index (χ2v) is 8.05. The van der Waals surface area contributed by atoms with E-state index >= 15 is 0 Å². The molecule has 2 aliphatic rings. The van der Waals surface area contributed by atoms with E-state index in [1.165, 1.54) is 11.5 Å². The van der Waals surface area contributed by atoms with E-state index in [4.69, 9.17) is 10.5 Å². The Hall–Kier alpha value is 0.420. The van der Waals surface area contributed by atoms with Crippen LogP contribution in [0.4, 0.5) is 0 Å². The highest BCUT2D eigenvalue weighted by Gasteiger charge is 2.40. The van der Waals surface area contributed by atoms with E-state index in [2.05, 4.69) is 0 Å². The van der Waals surface area contributed by atoms with Crippen molar-refractivity contribution >= 4 is 22.6 Å². The molecule has 0 aromatic rings. The molecule has 0 radical (unpaired) electrons. The molecule has 2 rings (SSSR count). The minimum absolute atomic E-state index is 0.0620. The van der Waals surface area contributed by atoms with Crippen molar-refractivity contribution < 1.29 is 8.95 Å². The molecule has 0 aromatic heterocycles. The average Bonchev–Trinajstić information content (AvgIpc) is 2.37. The van der Waals surface area contributed by atoms with Crippen molar-refractivity contribution in [2.75, 3.05) is 30.4 Å². The lowest BCUT2D eigenvalue weighted by atomic mass is 9.88. The Morgan fingerprint density at radius 3 is 2.88 bits per heavy atom. The SMILES string of the molecule is NCCCS(=O)C1CCOC2(CCSCC2)C1. The molecule has 2 fully saturated rings. The van der Waals surface area contributed by atoms with Gasteiger partial charge in [-0.15, -0.1) is 0 Å². The third-order valence-electron chi connectivity index (χ3n) is 3.77. The van der Waals surface area contributed by atoms with Crippen LogP contribution in [-0.4, -0.2) is 45.5 Å². The highest BCUT2D eigenvalue weighted by molar-refractivity contribution is 7.99. The first-order chi connectivity index (χ1) is 8.26. The molecule has 3 nitrogen and oxygen atoms in total. The van der Waals surface area contributed by atoms with Gasteiger partial charge in [0.05, 0.1) is 5.60 Å². The highest BCUT2D eigenvalue weighted by atomic mass is 32.2. The fraction of sp³-hybridized carbons (Fsp3) is 1.00. The van der Waals surface area contributed by atoms with Crippen LogP contribution in [0, 0.1) is 0 Å². The Morgan fingerprint density at radius 2 is 2.18 bits per heavy atom. The van der Waals surface area contributed by atoms with Gasteiger partial charge in [0.2, 0.25) is 0 Å². The summed E-state index contributed by atoms with van der Waals surface area (Å²) in [4.78, 5) is 0. The molecule has 0 saturated carbocycles. The van der Waals surface area contributed by atoms with Gasteiger partial charge in [-0.1, -0.05) is 0 Å². The van der Waals surface area contributed by atoms with Crippen molar-refractivity contribution in [3.05, 3.63) is 0 Å². The maximum atomic E-state index is 12.2. The predicted molar refractivity (Wildman–Crippen MR) is 74.9 cm³/mol. The molecular formula is C12H23NO2S2. The topological polar surface area (TPSA) is 52.3 Å². The van der Waals surface area contributed by atoms with Crippen molar-refractivity contribution in [3.63, 3.8) is 0 Å². The minimum Gasteiger partial charge on any atom is -0.375 e. The molecule has 17 heavy (non-hydrogen) atoms. The molecule has 0 aliphatic carbocycles. The molecule has 1 spiro atoms. The van der Waals surface area contributed by atoms with E-state index in [9.17, 15) is 4.21 Å². The summed E-state index contributed by atoms with van der Waals surface area (Å²) in [6.45, 7) is 1.44. The zero-order valence-electron chi connectivity index (χ0n) is 10.4. The number of nitrogens with two attached hydrogens (primary N) is 1. The first-order valence-corrected chi connectivity index (χ1v) is 9.08. The lowest BCUT2D eigenvalue weighted by Crippen LogP contribution is -2.46. The van der Waals surface area contributed by atoms with E-state index in [1.54, 1.807) is 0 Å². The number of thioether (sulfide) groups is 1. The third-order valence-corrected chi connectivity index (χ3v) is 6.60. The molecule has 0 bridgehead atoms. The number of hydrogen-bond donors (Lipinski definition) is 1. The highest BCUT2D eigenvalue weighted by Crippen LogP contribution is 2.38. The molecule has 2 atom stereocenters. The molecule has 2 unspecified atom stereocenters. The molecule has 0 amide bonds. The Bertz CT molecular complexity index is 262. The van der Waals surface area contributed by atoms with Crippen molar-refractivity contribution in [2.24, 2.45) is 5.73 Å². The summed E-state index contributed by atoms with van der Waals surface area (Å²) in [5.41, 5.74) is 5.54. The van der Waals surface area contributed by atoms with Gasteiger partial charge in [-0.05, 0) is 50.2 Å². The molecule has 0 aromatic carbocycles. The average molecular weight is 277 g/mol. The van der Waals surface area contributed by atoms with Crippen LogP contribution in [0.25, 0.3) is 0 Å². The predicted octanol–water partition coefficient (Wildman–Crippen LogP) is 1.53. The second kappa shape index (κ2) is 6.55. The third kappa shape index (κ3) is 3.69. The smallest absolute Gasteiger partial charge is 0.0709 e. The van der Waals surface area contributed by atoms with Crippen LogP contribution in [0.3, 0.4) is 0 Å². The molecular weight excluding hydrogens is 254 g/mol. The summed E-state index contributed by atoms with van der Waals surface area (Å²) >= 11 is 2.01. The molecule has 2 saturated heterocycles. The van der Waals surface area contributed by atoms with Crippen LogP contribution in [0.1, 0.15) is 32.1 Å². The fourth-order valence-corrected chi connectivity index (χ4v) is 5.56. The van der Waals surface area contributed by atoms with E-state index < -0.39 is 10.8 Å². The summed E-state index contributed by atoms with van der Waals surface area (Å²) in [7, 11) is -0.701. The first-order valence-electron chi connectivity index (χ1n) is 6.55. The van der Waals surface area contributed by atoms with Gasteiger partial charge in [-0.2, -0.15) is 11.8 Å². The summed E-state index contributed by atoms with van der Waals surface area (Å²) < 4.78 is 18.2. The number of rotatable bonds is 4. The molecule has 2 heterocycles. The van der Waals surface area contributed by atoms with Gasteiger partial charge in [0, 0.05) is 28.4 Å². The fourth-order valence-electron chi connectivity index (χ4n) is 2.69. The summed E-state index contributed by atoms with van der Waals surface area (Å²) in [5.74, 6) is 3.16. The molecule has 2 N–H and O–H groups in total. The largest absolute Gasteiger partial charge is 0.375 e. The number of hydrogen-bond acceptors (Lipinski definition) is 4. The number of ether oxygens (including phenoxy) is 1. The zero-order chi connectivity index (χ0) is 12.1. The van der Waals surface area contributed by atoms with Gasteiger partial charge in [0.25, 0.3) is 0 Å². The summed E-state index contributed by atoms with van der Waals surface area (Å²) in [5, 5.41) is 0.346. The first kappa shape index (κ1) is 13.8. The van der Waals surface area contributed by atoms with Crippen molar-refractivity contribution in [1.29, 1.82) is 0 Å². The Morgan fingerprint density at radius 1 is 1.41 bits per heavy atom. The second-order valence-electron chi connectivity index (χ2n) is 4.99. The summed E-state index contributed by atoms with van der Waals surface area (Å²) in [6, 6.07) is 0. The maximum absolute atomic E-state index is 12.2. The van der Waals surface area contributed by atoms with Crippen LogP contribution < -0.4 is 5.73 Å². The summed E-state index contributed by atoms with van der Waals surface area (Å²) in [6.07, 6.45) is 5.13. The molecule has 5 heteroatoms. The van der Waals surface area contributed by atoms with Crippen LogP contribution in [0.2, 0.25) is 0 Å². The van der Waals surface area contributed by atoms with Crippen LogP contribution in [0.5, 0.6) is 0 Å². The van der Waals surface area contributed by atoms with Crippen molar-refractivity contribution in [2.45, 2.75) is 43.0 Å². The van der Waals surface area contributed by atoms with Gasteiger partial charge in [-0.25, -0.2) is 0 Å². The maximum Gasteiger partial charge on any atom is 0.0709 e. The van der Waals surface area contributed by atoms with Crippen molar-refractivity contribution in [1.82, 2.24) is 0 Å². The van der Waals surface area contributed by atoms with Crippen LogP contribution in [0.15, 0.2) is 0 Å². The van der Waals surface area contributed by atoms with E-state index in [1.807, 2.05) is 11.8 Å². The van der Waals surface area contributed by atoms with Gasteiger partial charge >= 0.3 is 0 Å². The van der Waals surface area contributed by atoms with Gasteiger partial charge in [0.1, 0.15) is 0 Å². The standard InChI is InChI=1S/C12H23NO2S2/c13-5-1-9-17(14)11-2-6-15-12(10-11)3-7-16-8-4-12/h11H,1-10,13H2. The van der Waals surface area contributed by atoms with E-state index in [0.717, 1.165) is 44.5 Å². The Kier molecular flexibility index (Phi) is 5.33. The Labute approximate surface area is 111 Å². The van der Waals surface area contributed by atoms with Crippen LogP contribution in [-0.2, 0) is 15.5 Å². The van der Waals surface area contributed by atoms with Gasteiger partial charge < -0.3 is 10.5 Å². The molecule has 2 aliphatic heterocycles. The Balaban J connectivity index is 1.89. The monoisotopic (exact) mass is 277 g/mol. The quantitative estimate of drug-likeness (QED) is 0.847. The van der Waals surface area contributed by atoms with E-state index in [-0.39, 0.29) is 5.60 Å².